The zero-order valence-corrected chi connectivity index (χ0v) is 8.27. The minimum Gasteiger partial charge on any atom is -0.468 e. The first-order valence-corrected chi connectivity index (χ1v) is 4.26. The molecule has 0 unspecified atom stereocenters. The molecule has 0 saturated carbocycles. The van der Waals surface area contributed by atoms with E-state index in [0.717, 1.165) is 4.57 Å². The summed E-state index contributed by atoms with van der Waals surface area (Å²) in [7, 11) is -2.89. The lowest BCUT2D eigenvalue weighted by Gasteiger charge is -2.04. The Labute approximate surface area is 103 Å². The number of hydrogen-bond acceptors (Lipinski definition) is 2. The largest absolute Gasteiger partial charge is 0.468 e. The lowest BCUT2D eigenvalue weighted by Crippen LogP contribution is -1.96. The lowest BCUT2D eigenvalue weighted by atomic mass is 10.3. The van der Waals surface area contributed by atoms with Crippen LogP contribution in [0.1, 0.15) is 12.3 Å². The maximum absolute atomic E-state index is 7.90. The minimum atomic E-state index is -2.89. The van der Waals surface area contributed by atoms with Crippen molar-refractivity contribution in [1.82, 2.24) is 9.55 Å². The number of benzene rings is 1. The Hall–Kier alpha value is -1.29. The number of halogens is 1. The van der Waals surface area contributed by atoms with E-state index in [1.165, 1.54) is 0 Å². The van der Waals surface area contributed by atoms with Crippen LogP contribution in [0.15, 0.2) is 41.0 Å². The second-order valence-corrected chi connectivity index (χ2v) is 2.96. The number of ether oxygens (including phenoxy) is 1. The van der Waals surface area contributed by atoms with E-state index in [4.69, 9.17) is 12.3 Å². The Kier molecular flexibility index (Phi) is 0.926. The van der Waals surface area contributed by atoms with Crippen LogP contribution in [-0.4, -0.2) is 16.6 Å². The highest BCUT2D eigenvalue weighted by molar-refractivity contribution is 9.10. The number of para-hydroxylation sites is 1. The van der Waals surface area contributed by atoms with Crippen LogP contribution in [0.2, 0.25) is 0 Å². The topological polar surface area (TPSA) is 27.1 Å². The van der Waals surface area contributed by atoms with Gasteiger partial charge < -0.3 is 4.74 Å². The van der Waals surface area contributed by atoms with Gasteiger partial charge in [0.15, 0.2) is 0 Å². The van der Waals surface area contributed by atoms with Gasteiger partial charge in [0.2, 0.25) is 0 Å². The van der Waals surface area contributed by atoms with Crippen molar-refractivity contribution in [3.63, 3.8) is 0 Å². The lowest BCUT2D eigenvalue weighted by molar-refractivity contribution is 0.373. The Bertz CT molecular complexity index is 757. The number of rotatable bonds is 2. The molecule has 1 aromatic carbocycles. The van der Waals surface area contributed by atoms with Gasteiger partial charge in [-0.1, -0.05) is 18.1 Å². The van der Waals surface area contributed by atoms with Crippen molar-refractivity contribution in [2.24, 2.45) is 0 Å². The number of hydrogen-bond donors (Lipinski definition) is 0. The smallest absolute Gasteiger partial charge is 0.301 e. The van der Waals surface area contributed by atoms with Crippen LogP contribution in [0.3, 0.4) is 0 Å². The summed E-state index contributed by atoms with van der Waals surface area (Å²) in [5.41, 5.74) is -0.418. The molecule has 0 spiro atoms. The molecule has 0 saturated heterocycles. The first-order chi connectivity index (χ1) is 10.5. The molecule has 1 heterocycles. The second kappa shape index (κ2) is 3.84. The second-order valence-electron chi connectivity index (χ2n) is 2.21. The summed E-state index contributed by atoms with van der Waals surface area (Å²) in [6, 6.07) is -3.64. The van der Waals surface area contributed by atoms with Gasteiger partial charge in [-0.15, -0.1) is 0 Å². The molecular formula is C10H9BrN2O. The molecule has 2 aromatic rings. The van der Waals surface area contributed by atoms with E-state index in [1.807, 2.05) is 0 Å². The van der Waals surface area contributed by atoms with Crippen LogP contribution in [-0.2, 0) is 0 Å². The van der Waals surface area contributed by atoms with E-state index in [1.54, 1.807) is 0 Å². The van der Waals surface area contributed by atoms with Gasteiger partial charge in [-0.3, -0.25) is 4.57 Å². The first kappa shape index (κ1) is 3.38. The SMILES string of the molecule is [2H]c1c([2H])c([2H])c(-n2c(OC([2H])([2H])[2H])nc(Br)c2[2H])c([2H])c1[2H]. The molecule has 14 heavy (non-hydrogen) atoms. The molecule has 0 aliphatic heterocycles. The molecule has 0 aliphatic rings. The monoisotopic (exact) mass is 261 g/mol. The molecular weight excluding hydrogens is 244 g/mol. The summed E-state index contributed by atoms with van der Waals surface area (Å²) in [6.07, 6.45) is -0.414. The Morgan fingerprint density at radius 3 is 3.00 bits per heavy atom. The normalized spacial score (nSPS) is 20.2. The molecule has 0 fully saturated rings. The first-order valence-electron chi connectivity index (χ1n) is 7.97. The summed E-state index contributed by atoms with van der Waals surface area (Å²) < 4.78 is 73.2. The van der Waals surface area contributed by atoms with Crippen molar-refractivity contribution in [3.05, 3.63) is 41.0 Å². The standard InChI is InChI=1S/C10H9BrN2O/c1-14-10-12-9(11)7-13(10)8-5-3-2-4-6-8/h2-7H,1H3/i1D3,2D,3D,4D,5D,6D,7D. The van der Waals surface area contributed by atoms with Crippen molar-refractivity contribution < 1.29 is 17.1 Å². The van der Waals surface area contributed by atoms with Crippen molar-refractivity contribution in [3.8, 4) is 11.7 Å². The van der Waals surface area contributed by atoms with E-state index in [9.17, 15) is 0 Å². The molecule has 0 radical (unpaired) electrons. The fourth-order valence-electron chi connectivity index (χ4n) is 0.874. The number of imidazole rings is 1. The summed E-state index contributed by atoms with van der Waals surface area (Å²) in [6.45, 7) is 0. The molecule has 0 atom stereocenters. The van der Waals surface area contributed by atoms with E-state index < -0.39 is 55.1 Å². The van der Waals surface area contributed by atoms with Crippen molar-refractivity contribution in [2.45, 2.75) is 0 Å². The molecule has 4 heteroatoms. The molecule has 72 valence electrons. The van der Waals surface area contributed by atoms with Crippen LogP contribution >= 0.6 is 15.9 Å². The van der Waals surface area contributed by atoms with E-state index in [0.29, 0.717) is 0 Å². The van der Waals surface area contributed by atoms with Crippen LogP contribution in [0, 0.1) is 0 Å². The van der Waals surface area contributed by atoms with Gasteiger partial charge in [0, 0.05) is 6.17 Å². The molecule has 1 aromatic heterocycles. The quantitative estimate of drug-likeness (QED) is 0.831. The molecule has 0 amide bonds. The summed E-state index contributed by atoms with van der Waals surface area (Å²) in [5.74, 6) is 0. The average molecular weight is 262 g/mol. The highest BCUT2D eigenvalue weighted by Gasteiger charge is 2.06. The Morgan fingerprint density at radius 1 is 1.50 bits per heavy atom. The maximum atomic E-state index is 7.90. The van der Waals surface area contributed by atoms with Gasteiger partial charge in [-0.05, 0) is 28.0 Å². The van der Waals surface area contributed by atoms with Gasteiger partial charge in [-0.25, -0.2) is 0 Å². The van der Waals surface area contributed by atoms with E-state index in [2.05, 4.69) is 25.7 Å². The van der Waals surface area contributed by atoms with Crippen LogP contribution in [0.5, 0.6) is 6.01 Å². The van der Waals surface area contributed by atoms with Crippen molar-refractivity contribution >= 4 is 15.9 Å². The molecule has 0 aliphatic carbocycles. The molecule has 3 nitrogen and oxygen atoms in total. The van der Waals surface area contributed by atoms with Gasteiger partial charge in [0.25, 0.3) is 0 Å². The molecule has 2 rings (SSSR count). The van der Waals surface area contributed by atoms with Gasteiger partial charge in [0.05, 0.1) is 25.1 Å². The molecule has 0 bridgehead atoms. The van der Waals surface area contributed by atoms with Crippen LogP contribution in [0.4, 0.5) is 0 Å². The number of aromatic nitrogens is 2. The average Bonchev–Trinajstić information content (AvgIpc) is 2.69. The van der Waals surface area contributed by atoms with Gasteiger partial charge >= 0.3 is 6.01 Å². The van der Waals surface area contributed by atoms with Crippen molar-refractivity contribution in [1.29, 1.82) is 0 Å². The maximum Gasteiger partial charge on any atom is 0.301 e. The number of nitrogens with zero attached hydrogens (tertiary/aromatic N) is 2. The van der Waals surface area contributed by atoms with E-state index >= 15 is 0 Å². The zero-order chi connectivity index (χ0) is 17.7. The summed E-state index contributed by atoms with van der Waals surface area (Å²) in [4.78, 5) is 3.71. The fourth-order valence-corrected chi connectivity index (χ4v) is 1.20. The van der Waals surface area contributed by atoms with Crippen LogP contribution in [0.25, 0.3) is 5.69 Å². The highest BCUT2D eigenvalue weighted by atomic mass is 79.9. The minimum absolute atomic E-state index is 0.0939. The highest BCUT2D eigenvalue weighted by Crippen LogP contribution is 2.20. The summed E-state index contributed by atoms with van der Waals surface area (Å²) in [5, 5.41) is 0. The summed E-state index contributed by atoms with van der Waals surface area (Å²) >= 11 is 2.94. The third-order valence-corrected chi connectivity index (χ3v) is 1.75. The predicted molar refractivity (Wildman–Crippen MR) is 57.8 cm³/mol. The third kappa shape index (κ3) is 1.65. The third-order valence-electron chi connectivity index (χ3n) is 1.39. The zero-order valence-electron chi connectivity index (χ0n) is 15.7. The van der Waals surface area contributed by atoms with E-state index in [-0.39, 0.29) is 4.60 Å². The van der Waals surface area contributed by atoms with Crippen molar-refractivity contribution in [2.75, 3.05) is 7.04 Å². The Morgan fingerprint density at radius 2 is 2.29 bits per heavy atom. The van der Waals surface area contributed by atoms with Gasteiger partial charge in [-0.2, -0.15) is 4.98 Å². The van der Waals surface area contributed by atoms with Gasteiger partial charge in [0.1, 0.15) is 4.60 Å². The number of methoxy groups -OCH3 is 1. The Balaban J connectivity index is 2.83. The fraction of sp³-hybridized carbons (Fsp3) is 0.100. The molecule has 0 N–H and O–H groups in total. The predicted octanol–water partition coefficient (Wildman–Crippen LogP) is 2.64. The van der Waals surface area contributed by atoms with Crippen LogP contribution < -0.4 is 4.74 Å².